The number of aromatic nitrogens is 1. The molecule has 12 heavy (non-hydrogen) atoms. The van der Waals surface area contributed by atoms with Crippen LogP contribution in [0, 0.1) is 6.92 Å². The quantitative estimate of drug-likeness (QED) is 0.532. The second-order valence-electron chi connectivity index (χ2n) is 2.88. The molecule has 0 radical (unpaired) electrons. The number of nitrogens with zero attached hydrogens (tertiary/aromatic N) is 3. The Kier molecular flexibility index (Phi) is 1.33. The van der Waals surface area contributed by atoms with E-state index in [0.29, 0.717) is 0 Å². The minimum absolute atomic E-state index is 0.854. The Balaban J connectivity index is 2.65. The van der Waals surface area contributed by atoms with E-state index < -0.39 is 0 Å². The Morgan fingerprint density at radius 1 is 1.33 bits per heavy atom. The number of aliphatic imine (C=N–C) groups is 1. The van der Waals surface area contributed by atoms with E-state index in [2.05, 4.69) is 16.7 Å². The zero-order chi connectivity index (χ0) is 8.72. The fraction of sp³-hybridized carbons (Fsp3) is 0.222. The lowest BCUT2D eigenvalue weighted by atomic mass is 10.3. The zero-order valence-electron chi connectivity index (χ0n) is 7.20. The fourth-order valence-electron chi connectivity index (χ4n) is 1.21. The normalized spacial score (nSPS) is 14.5. The van der Waals surface area contributed by atoms with E-state index in [9.17, 15) is 0 Å². The zero-order valence-corrected chi connectivity index (χ0v) is 7.20. The molecule has 1 aliphatic heterocycles. The van der Waals surface area contributed by atoms with Gasteiger partial charge < -0.3 is 0 Å². The summed E-state index contributed by atoms with van der Waals surface area (Å²) < 4.78 is 1.75. The number of pyridine rings is 1. The van der Waals surface area contributed by atoms with Crippen molar-refractivity contribution in [3.63, 3.8) is 0 Å². The maximum absolute atomic E-state index is 4.33. The molecule has 0 aromatic carbocycles. The van der Waals surface area contributed by atoms with Gasteiger partial charge in [0.25, 0.3) is 0 Å². The highest BCUT2D eigenvalue weighted by atomic mass is 15.2. The third-order valence-electron chi connectivity index (χ3n) is 1.92. The van der Waals surface area contributed by atoms with Crippen molar-refractivity contribution in [2.75, 3.05) is 0 Å². The Morgan fingerprint density at radius 2 is 2.08 bits per heavy atom. The smallest absolute Gasteiger partial charge is 0.208 e. The molecule has 1 aliphatic rings. The summed E-state index contributed by atoms with van der Waals surface area (Å²) in [5.74, 6) is 1.75. The van der Waals surface area contributed by atoms with Crippen molar-refractivity contribution in [1.82, 2.24) is 4.98 Å². The Morgan fingerprint density at radius 3 is 2.83 bits per heavy atom. The summed E-state index contributed by atoms with van der Waals surface area (Å²) in [6.45, 7) is 7.72. The minimum Gasteiger partial charge on any atom is -0.208 e. The van der Waals surface area contributed by atoms with Gasteiger partial charge in [0, 0.05) is 13.6 Å². The molecule has 0 saturated heterocycles. The predicted octanol–water partition coefficient (Wildman–Crippen LogP) is 1.80. The number of fused-ring (bicyclic) bond motifs is 1. The maximum Gasteiger partial charge on any atom is 0.309 e. The second-order valence-corrected chi connectivity index (χ2v) is 2.88. The highest BCUT2D eigenvalue weighted by molar-refractivity contribution is 5.85. The van der Waals surface area contributed by atoms with Crippen LogP contribution in [0.4, 0.5) is 11.5 Å². The van der Waals surface area contributed by atoms with Crippen molar-refractivity contribution in [3.05, 3.63) is 17.8 Å². The van der Waals surface area contributed by atoms with Gasteiger partial charge in [-0.05, 0) is 19.1 Å². The molecule has 0 fully saturated rings. The molecule has 0 N–H and O–H groups in total. The third-order valence-corrected chi connectivity index (χ3v) is 1.92. The third kappa shape index (κ3) is 0.863. The van der Waals surface area contributed by atoms with Crippen molar-refractivity contribution in [3.8, 4) is 0 Å². The number of hydrogen-bond donors (Lipinski definition) is 0. The van der Waals surface area contributed by atoms with E-state index in [-0.39, 0.29) is 0 Å². The van der Waals surface area contributed by atoms with Crippen LogP contribution in [-0.4, -0.2) is 22.1 Å². The number of amidine groups is 1. The largest absolute Gasteiger partial charge is 0.309 e. The summed E-state index contributed by atoms with van der Waals surface area (Å²) in [6, 6.07) is 3.92. The van der Waals surface area contributed by atoms with Crippen molar-refractivity contribution >= 4 is 24.1 Å². The minimum atomic E-state index is 0.854. The van der Waals surface area contributed by atoms with Gasteiger partial charge in [0.15, 0.2) is 0 Å². The van der Waals surface area contributed by atoms with Gasteiger partial charge in [0.2, 0.25) is 11.5 Å². The van der Waals surface area contributed by atoms with Crippen LogP contribution in [-0.2, 0) is 0 Å². The maximum atomic E-state index is 4.33. The molecule has 2 heterocycles. The Labute approximate surface area is 71.1 Å². The highest BCUT2D eigenvalue weighted by Gasteiger charge is 2.24. The molecule has 0 aliphatic carbocycles. The van der Waals surface area contributed by atoms with Crippen LogP contribution in [0.1, 0.15) is 12.6 Å². The molecule has 1 aromatic heterocycles. The van der Waals surface area contributed by atoms with E-state index in [1.54, 1.807) is 4.58 Å². The SMILES string of the molecule is C=[N+]1C(C)=Nc2ccc(C)nc21. The van der Waals surface area contributed by atoms with Crippen LogP contribution in [0.15, 0.2) is 17.1 Å². The standard InChI is InChI=1S/C9H10N3/c1-6-4-5-8-9(10-6)12(3)7(2)11-8/h4-5H,3H2,1-2H3/q+1. The molecule has 0 spiro atoms. The van der Waals surface area contributed by atoms with Gasteiger partial charge in [-0.1, -0.05) is 0 Å². The van der Waals surface area contributed by atoms with Gasteiger partial charge in [-0.2, -0.15) is 0 Å². The van der Waals surface area contributed by atoms with Gasteiger partial charge in [0.1, 0.15) is 5.69 Å². The van der Waals surface area contributed by atoms with Crippen LogP contribution in [0.5, 0.6) is 0 Å². The summed E-state index contributed by atoms with van der Waals surface area (Å²) >= 11 is 0. The molecule has 0 atom stereocenters. The topological polar surface area (TPSA) is 28.3 Å². The first-order valence-corrected chi connectivity index (χ1v) is 3.82. The van der Waals surface area contributed by atoms with E-state index >= 15 is 0 Å². The van der Waals surface area contributed by atoms with Gasteiger partial charge in [0.05, 0.1) is 0 Å². The molecule has 0 amide bonds. The average molecular weight is 160 g/mol. The summed E-state index contributed by atoms with van der Waals surface area (Å²) in [5.41, 5.74) is 1.90. The lowest BCUT2D eigenvalue weighted by Gasteiger charge is -1.92. The summed E-state index contributed by atoms with van der Waals surface area (Å²) in [4.78, 5) is 8.63. The van der Waals surface area contributed by atoms with Crippen LogP contribution in [0.3, 0.4) is 0 Å². The monoisotopic (exact) mass is 160 g/mol. The predicted molar refractivity (Wildman–Crippen MR) is 48.8 cm³/mol. The van der Waals surface area contributed by atoms with Crippen molar-refractivity contribution in [2.24, 2.45) is 4.99 Å². The summed E-state index contributed by atoms with van der Waals surface area (Å²) in [7, 11) is 0. The van der Waals surface area contributed by atoms with Gasteiger partial charge in [-0.3, -0.25) is 0 Å². The molecule has 1 aromatic rings. The van der Waals surface area contributed by atoms with Gasteiger partial charge >= 0.3 is 5.82 Å². The Hall–Kier alpha value is -1.51. The lowest BCUT2D eigenvalue weighted by molar-refractivity contribution is -0.295. The van der Waals surface area contributed by atoms with Crippen LogP contribution < -0.4 is 0 Å². The fourth-order valence-corrected chi connectivity index (χ4v) is 1.21. The van der Waals surface area contributed by atoms with E-state index in [4.69, 9.17) is 0 Å². The first kappa shape index (κ1) is 7.16. The molecule has 3 nitrogen and oxygen atoms in total. The number of rotatable bonds is 0. The molecule has 2 rings (SSSR count). The Bertz CT molecular complexity index is 391. The second kappa shape index (κ2) is 2.24. The summed E-state index contributed by atoms with van der Waals surface area (Å²) in [6.07, 6.45) is 0. The first-order valence-electron chi connectivity index (χ1n) is 3.82. The first-order chi connectivity index (χ1) is 5.68. The van der Waals surface area contributed by atoms with Gasteiger partial charge in [-0.15, -0.1) is 9.98 Å². The van der Waals surface area contributed by atoms with E-state index in [1.807, 2.05) is 26.0 Å². The molecular formula is C9H10N3+. The van der Waals surface area contributed by atoms with Crippen molar-refractivity contribution < 1.29 is 4.58 Å². The number of aryl methyl sites for hydroxylation is 1. The van der Waals surface area contributed by atoms with Crippen molar-refractivity contribution in [2.45, 2.75) is 13.8 Å². The molecule has 0 bridgehead atoms. The van der Waals surface area contributed by atoms with Gasteiger partial charge in [-0.25, -0.2) is 4.58 Å². The molecule has 0 saturated carbocycles. The van der Waals surface area contributed by atoms with Crippen LogP contribution in [0.2, 0.25) is 0 Å². The van der Waals surface area contributed by atoms with E-state index in [1.165, 1.54) is 0 Å². The molecule has 60 valence electrons. The van der Waals surface area contributed by atoms with Crippen LogP contribution in [0.25, 0.3) is 0 Å². The molecule has 0 unspecified atom stereocenters. The molecular weight excluding hydrogens is 150 g/mol. The highest BCUT2D eigenvalue weighted by Crippen LogP contribution is 2.30. The van der Waals surface area contributed by atoms with Crippen LogP contribution >= 0.6 is 0 Å². The molecule has 3 heteroatoms. The summed E-state index contributed by atoms with van der Waals surface area (Å²) in [5, 5.41) is 0. The van der Waals surface area contributed by atoms with Crippen molar-refractivity contribution in [1.29, 1.82) is 0 Å². The number of hydrogen-bond acceptors (Lipinski definition) is 2. The van der Waals surface area contributed by atoms with E-state index in [0.717, 1.165) is 23.0 Å². The average Bonchev–Trinajstić information content (AvgIpc) is 2.31. The lowest BCUT2D eigenvalue weighted by Crippen LogP contribution is -2.05.